The van der Waals surface area contributed by atoms with E-state index in [1.54, 1.807) is 0 Å². The number of halogens is 14. The normalized spacial score (nSPS) is 13.7. The average Bonchev–Trinajstić information content (AvgIpc) is 3.28. The Morgan fingerprint density at radius 1 is 0.473 bits per heavy atom. The van der Waals surface area contributed by atoms with Gasteiger partial charge in [-0.2, -0.15) is 86.7 Å². The zero-order valence-corrected chi connectivity index (χ0v) is 38.5. The highest BCUT2D eigenvalue weighted by Gasteiger charge is 2.51. The first-order chi connectivity index (χ1) is 34.0. The highest BCUT2D eigenvalue weighted by Crippen LogP contribution is 2.30. The molecule has 38 heteroatoms. The van der Waals surface area contributed by atoms with Gasteiger partial charge in [-0.05, 0) is 85.3 Å². The monoisotopic (exact) mass is 1150 g/mol. The summed E-state index contributed by atoms with van der Waals surface area (Å²) in [4.78, 5) is 40.7. The molecule has 0 bridgehead atoms. The highest BCUT2D eigenvalue weighted by molar-refractivity contribution is 7.88. The Labute approximate surface area is 403 Å². The third-order valence-electron chi connectivity index (χ3n) is 8.72. The molecule has 408 valence electrons. The number of rotatable bonds is 22. The lowest BCUT2D eigenvalue weighted by Gasteiger charge is -2.16. The predicted octanol–water partition coefficient (Wildman–Crippen LogP) is 4.97. The molecule has 0 atom stereocenters. The standard InChI is InChI=1S/C36H28F14N6O15S3/c1-20(51-69-72(60,61)29(37)38)21-2-8-24(9-3-21)66-17-14-54-30(57)55(15-18-67-25-10-4-22(5-11-25)27(33(39,40)41)52-70-73(62,63)35(45,46)47)32(59)56(31(54)58)16-19-68-26-12-6-23(7-13-26)28(34(42,43)44)53-71-74(64,65)36(48,49)50/h2-13,29H,14-19H2,1H3/b51-20+,52-27-,53-28-. The molecule has 0 N–H and O–H groups in total. The van der Waals surface area contributed by atoms with Crippen LogP contribution in [-0.2, 0) is 62.8 Å². The molecule has 4 rings (SSSR count). The number of benzene rings is 3. The fourth-order valence-electron chi connectivity index (χ4n) is 5.22. The van der Waals surface area contributed by atoms with E-state index in [1.165, 1.54) is 31.2 Å². The molecule has 21 nitrogen and oxygen atoms in total. The predicted molar refractivity (Wildman–Crippen MR) is 221 cm³/mol. The Balaban J connectivity index is 1.59. The fraction of sp³-hybridized carbons (Fsp3) is 0.333. The lowest BCUT2D eigenvalue weighted by atomic mass is 10.1. The highest BCUT2D eigenvalue weighted by atomic mass is 32.2. The van der Waals surface area contributed by atoms with Gasteiger partial charge in [-0.1, -0.05) is 15.5 Å². The molecular weight excluding hydrogens is 1120 g/mol. The van der Waals surface area contributed by atoms with Crippen molar-refractivity contribution in [1.82, 2.24) is 13.7 Å². The number of hydrogen-bond acceptors (Lipinski definition) is 18. The Kier molecular flexibility index (Phi) is 18.3. The molecule has 0 aliphatic carbocycles. The summed E-state index contributed by atoms with van der Waals surface area (Å²) >= 11 is 0. The first-order valence-electron chi connectivity index (χ1n) is 19.2. The van der Waals surface area contributed by atoms with Crippen molar-refractivity contribution >= 4 is 47.5 Å². The number of hydrogen-bond donors (Lipinski definition) is 0. The van der Waals surface area contributed by atoms with E-state index in [-0.39, 0.29) is 28.5 Å². The molecule has 1 aromatic heterocycles. The second-order valence-electron chi connectivity index (χ2n) is 13.7. The van der Waals surface area contributed by atoms with Crippen LogP contribution in [0.15, 0.2) is 103 Å². The van der Waals surface area contributed by atoms with Gasteiger partial charge in [0.05, 0.1) is 25.3 Å². The van der Waals surface area contributed by atoms with Gasteiger partial charge < -0.3 is 14.2 Å². The Morgan fingerprint density at radius 2 is 0.757 bits per heavy atom. The number of aromatic nitrogens is 3. The molecule has 0 aliphatic heterocycles. The number of nitrogens with zero attached hydrogens (tertiary/aromatic N) is 6. The van der Waals surface area contributed by atoms with Gasteiger partial charge in [0.2, 0.25) is 0 Å². The molecular formula is C36H28F14N6O15S3. The van der Waals surface area contributed by atoms with Gasteiger partial charge in [-0.3, -0.25) is 12.9 Å². The maximum absolute atomic E-state index is 13.6. The van der Waals surface area contributed by atoms with Crippen molar-refractivity contribution in [3.63, 3.8) is 0 Å². The Bertz CT molecular complexity index is 3100. The van der Waals surface area contributed by atoms with Crippen molar-refractivity contribution in [1.29, 1.82) is 0 Å². The number of ether oxygens (including phenoxy) is 3. The third kappa shape index (κ3) is 15.4. The quantitative estimate of drug-likeness (QED) is 0.0436. The summed E-state index contributed by atoms with van der Waals surface area (Å²) in [6.07, 6.45) is -11.2. The van der Waals surface area contributed by atoms with Gasteiger partial charge in [0.15, 0.2) is 11.4 Å². The molecule has 0 aliphatic rings. The molecule has 0 saturated carbocycles. The largest absolute Gasteiger partial charge is 0.536 e. The van der Waals surface area contributed by atoms with E-state index in [0.29, 0.717) is 38.0 Å². The fourth-order valence-corrected chi connectivity index (χ4v) is 6.01. The van der Waals surface area contributed by atoms with Crippen molar-refractivity contribution in [2.45, 2.75) is 55.7 Å². The summed E-state index contributed by atoms with van der Waals surface area (Å²) in [7, 11) is -18.5. The van der Waals surface area contributed by atoms with E-state index >= 15 is 0 Å². The Hall–Kier alpha value is -7.25. The third-order valence-corrected chi connectivity index (χ3v) is 11.1. The summed E-state index contributed by atoms with van der Waals surface area (Å²) in [5, 5.41) is 7.33. The maximum atomic E-state index is 13.6. The number of oxime groups is 3. The summed E-state index contributed by atoms with van der Waals surface area (Å²) in [6, 6.07) is 10.3. The van der Waals surface area contributed by atoms with Crippen LogP contribution >= 0.6 is 0 Å². The van der Waals surface area contributed by atoms with E-state index in [9.17, 15) is 101 Å². The van der Waals surface area contributed by atoms with Crippen molar-refractivity contribution in [2.24, 2.45) is 15.5 Å². The van der Waals surface area contributed by atoms with Gasteiger partial charge in [0, 0.05) is 11.1 Å². The van der Waals surface area contributed by atoms with Gasteiger partial charge in [-0.15, -0.1) is 0 Å². The van der Waals surface area contributed by atoms with Gasteiger partial charge in [0.25, 0.3) is 0 Å². The lowest BCUT2D eigenvalue weighted by Crippen LogP contribution is -2.55. The molecule has 1 heterocycles. The van der Waals surface area contributed by atoms with Crippen LogP contribution in [0.4, 0.5) is 61.5 Å². The lowest BCUT2D eigenvalue weighted by molar-refractivity contribution is -0.0636. The first kappa shape index (κ1) is 59.3. The van der Waals surface area contributed by atoms with E-state index < -0.39 is 139 Å². The number of alkyl halides is 14. The summed E-state index contributed by atoms with van der Waals surface area (Å²) in [5.74, 6) is -4.54. The van der Waals surface area contributed by atoms with Crippen molar-refractivity contribution in [2.75, 3.05) is 19.8 Å². The van der Waals surface area contributed by atoms with Crippen LogP contribution in [-0.4, -0.2) is 105 Å². The van der Waals surface area contributed by atoms with Crippen LogP contribution in [0.3, 0.4) is 0 Å². The van der Waals surface area contributed by atoms with Crippen molar-refractivity contribution in [3.05, 3.63) is 121 Å². The molecule has 0 saturated heterocycles. The van der Waals surface area contributed by atoms with E-state index in [0.717, 1.165) is 24.3 Å². The summed E-state index contributed by atoms with van der Waals surface area (Å²) in [6.45, 7) is -2.92. The van der Waals surface area contributed by atoms with E-state index in [1.807, 2.05) is 0 Å². The van der Waals surface area contributed by atoms with Gasteiger partial charge in [0.1, 0.15) is 37.1 Å². The van der Waals surface area contributed by atoms with Crippen molar-refractivity contribution < 1.29 is 114 Å². The molecule has 0 unspecified atom stereocenters. The van der Waals surface area contributed by atoms with Gasteiger partial charge in [-0.25, -0.2) is 28.1 Å². The van der Waals surface area contributed by atoms with Crippen LogP contribution in [0.1, 0.15) is 23.6 Å². The SMILES string of the molecule is C/C(=N\OS(=O)(=O)C(F)F)c1ccc(OCCn2c(=O)n(CCOc3ccc(/C(=N/OS(=O)(=O)C(F)(F)F)C(F)(F)F)cc3)c(=O)n(CCOc3ccc(/C(=N/OS(=O)(=O)C(F)(F)F)C(F)(F)F)cc3)c2=O)cc1. The molecule has 0 spiro atoms. The van der Waals surface area contributed by atoms with Crippen LogP contribution < -0.4 is 31.3 Å². The zero-order valence-electron chi connectivity index (χ0n) is 36.1. The van der Waals surface area contributed by atoms with E-state index in [2.05, 4.69) is 28.3 Å². The molecule has 3 aromatic carbocycles. The molecule has 0 fully saturated rings. The first-order valence-corrected chi connectivity index (χ1v) is 23.4. The molecule has 0 amide bonds. The zero-order chi connectivity index (χ0) is 55.8. The second-order valence-corrected chi connectivity index (χ2v) is 18.3. The maximum Gasteiger partial charge on any atom is 0.536 e. The second kappa shape index (κ2) is 22.9. The smallest absolute Gasteiger partial charge is 0.492 e. The van der Waals surface area contributed by atoms with Gasteiger partial charge >= 0.3 is 76.6 Å². The summed E-state index contributed by atoms with van der Waals surface area (Å²) < 4.78 is 277. The Morgan fingerprint density at radius 3 is 1.01 bits per heavy atom. The average molecular weight is 1150 g/mol. The minimum absolute atomic E-state index is 0.0168. The van der Waals surface area contributed by atoms with Crippen LogP contribution in [0.25, 0.3) is 0 Å². The topological polar surface area (TPSA) is 261 Å². The van der Waals surface area contributed by atoms with Crippen LogP contribution in [0, 0.1) is 0 Å². The minimum Gasteiger partial charge on any atom is -0.492 e. The molecule has 74 heavy (non-hydrogen) atoms. The van der Waals surface area contributed by atoms with E-state index in [4.69, 9.17) is 14.2 Å². The van der Waals surface area contributed by atoms with Crippen LogP contribution in [0.5, 0.6) is 17.2 Å². The minimum atomic E-state index is -6.61. The summed E-state index contributed by atoms with van der Waals surface area (Å²) in [5.41, 5.74) is -22.9. The van der Waals surface area contributed by atoms with Crippen molar-refractivity contribution in [3.8, 4) is 17.2 Å². The van der Waals surface area contributed by atoms with Crippen LogP contribution in [0.2, 0.25) is 0 Å². The molecule has 4 aromatic rings. The molecule has 0 radical (unpaired) electrons.